The van der Waals surface area contributed by atoms with Crippen LogP contribution in [0.1, 0.15) is 35.2 Å². The summed E-state index contributed by atoms with van der Waals surface area (Å²) in [6, 6.07) is 2.44. The van der Waals surface area contributed by atoms with Crippen LogP contribution < -0.4 is 10.1 Å². The fraction of sp³-hybridized carbons (Fsp3) is 0.526. The molecule has 1 aromatic rings. The summed E-state index contributed by atoms with van der Waals surface area (Å²) in [7, 11) is -1.56. The summed E-state index contributed by atoms with van der Waals surface area (Å²) in [5.41, 5.74) is -0.135. The molecule has 0 saturated carbocycles. The zero-order valence-corrected chi connectivity index (χ0v) is 16.4. The number of benzene rings is 1. The molecular weight excluding hydrogens is 395 g/mol. The molecule has 5 N–H and O–H groups in total. The van der Waals surface area contributed by atoms with Crippen molar-refractivity contribution < 1.29 is 39.4 Å². The van der Waals surface area contributed by atoms with Crippen LogP contribution in [-0.2, 0) is 16.0 Å². The SMILES string of the molecule is O=C(O)c1c(OC2CN(C(=O)CC3NCCCC3=O)C2)ccc(CCB(O)O)c1O. The standard InChI is InChI=1S/C19H25BN2O8/c23-14-2-1-7-21-13(14)8-16(24)22-9-12(10-22)30-15-4-3-11(5-6-20(28)29)18(25)17(15)19(26)27/h3-4,12-13,21,25,28-29H,1-2,5-10H2,(H,26,27). The van der Waals surface area contributed by atoms with Gasteiger partial charge in [0.1, 0.15) is 28.9 Å². The van der Waals surface area contributed by atoms with E-state index in [4.69, 9.17) is 14.8 Å². The van der Waals surface area contributed by atoms with Crippen molar-refractivity contribution in [3.05, 3.63) is 23.3 Å². The van der Waals surface area contributed by atoms with E-state index in [0.29, 0.717) is 13.0 Å². The Morgan fingerprint density at radius 2 is 2.00 bits per heavy atom. The van der Waals surface area contributed by atoms with Gasteiger partial charge in [-0.25, -0.2) is 4.79 Å². The quantitative estimate of drug-likeness (QED) is 0.347. The minimum atomic E-state index is -1.56. The van der Waals surface area contributed by atoms with Crippen LogP contribution >= 0.6 is 0 Å². The van der Waals surface area contributed by atoms with Crippen LogP contribution in [0.4, 0.5) is 0 Å². The predicted octanol–water partition coefficient (Wildman–Crippen LogP) is -0.594. The van der Waals surface area contributed by atoms with Crippen molar-refractivity contribution in [2.45, 2.75) is 44.1 Å². The van der Waals surface area contributed by atoms with Crippen molar-refractivity contribution in [1.29, 1.82) is 0 Å². The highest BCUT2D eigenvalue weighted by atomic mass is 16.5. The van der Waals surface area contributed by atoms with Crippen molar-refractivity contribution in [2.24, 2.45) is 0 Å². The summed E-state index contributed by atoms with van der Waals surface area (Å²) >= 11 is 0. The van der Waals surface area contributed by atoms with Gasteiger partial charge in [-0.2, -0.15) is 0 Å². The minimum Gasteiger partial charge on any atom is -0.507 e. The Hall–Kier alpha value is -2.63. The average molecular weight is 420 g/mol. The Morgan fingerprint density at radius 3 is 2.63 bits per heavy atom. The third kappa shape index (κ3) is 5.10. The number of aryl methyl sites for hydroxylation is 1. The van der Waals surface area contributed by atoms with E-state index in [1.165, 1.54) is 12.1 Å². The number of aromatic carboxylic acids is 1. The number of piperidine rings is 1. The maximum Gasteiger partial charge on any atom is 0.451 e. The lowest BCUT2D eigenvalue weighted by atomic mass is 9.82. The third-order valence-corrected chi connectivity index (χ3v) is 5.36. The molecule has 0 bridgehead atoms. The number of Topliss-reactive ketones (excluding diaryl/α,β-unsaturated/α-hetero) is 1. The summed E-state index contributed by atoms with van der Waals surface area (Å²) in [5, 5.41) is 40.7. The Bertz CT molecular complexity index is 825. The zero-order chi connectivity index (χ0) is 21.8. The number of carbonyl (C=O) groups excluding carboxylic acids is 2. The van der Waals surface area contributed by atoms with E-state index >= 15 is 0 Å². The summed E-state index contributed by atoms with van der Waals surface area (Å²) in [6.45, 7) is 1.24. The number of nitrogens with zero attached hydrogens (tertiary/aromatic N) is 1. The molecule has 162 valence electrons. The molecule has 11 heteroatoms. The number of nitrogens with one attached hydrogen (secondary N) is 1. The zero-order valence-electron chi connectivity index (χ0n) is 16.4. The number of carboxylic acid groups (broad SMARTS) is 1. The van der Waals surface area contributed by atoms with Crippen molar-refractivity contribution in [3.8, 4) is 11.5 Å². The summed E-state index contributed by atoms with van der Waals surface area (Å²) in [4.78, 5) is 37.3. The number of rotatable bonds is 8. The number of hydrogen-bond acceptors (Lipinski definition) is 8. The Balaban J connectivity index is 1.58. The Labute approximate surface area is 173 Å². The second-order valence-electron chi connectivity index (χ2n) is 7.59. The van der Waals surface area contributed by atoms with E-state index in [2.05, 4.69) is 5.32 Å². The fourth-order valence-corrected chi connectivity index (χ4v) is 3.62. The van der Waals surface area contributed by atoms with Gasteiger partial charge in [-0.05, 0) is 37.3 Å². The predicted molar refractivity (Wildman–Crippen MR) is 105 cm³/mol. The van der Waals surface area contributed by atoms with Gasteiger partial charge in [-0.1, -0.05) is 6.07 Å². The molecule has 1 aromatic carbocycles. The molecule has 2 aliphatic heterocycles. The van der Waals surface area contributed by atoms with Gasteiger partial charge in [0.15, 0.2) is 0 Å². The highest BCUT2D eigenvalue weighted by Gasteiger charge is 2.36. The normalized spacial score (nSPS) is 19.3. The minimum absolute atomic E-state index is 0.0190. The molecule has 0 radical (unpaired) electrons. The average Bonchev–Trinajstić information content (AvgIpc) is 2.64. The second-order valence-corrected chi connectivity index (χ2v) is 7.59. The number of amides is 1. The van der Waals surface area contributed by atoms with Gasteiger partial charge in [0.25, 0.3) is 0 Å². The summed E-state index contributed by atoms with van der Waals surface area (Å²) < 4.78 is 5.68. The largest absolute Gasteiger partial charge is 0.507 e. The molecule has 30 heavy (non-hydrogen) atoms. The van der Waals surface area contributed by atoms with Crippen LogP contribution in [0.5, 0.6) is 11.5 Å². The fourth-order valence-electron chi connectivity index (χ4n) is 3.62. The second kappa shape index (κ2) is 9.46. The van der Waals surface area contributed by atoms with E-state index in [1.54, 1.807) is 4.90 Å². The molecule has 3 rings (SSSR count). The lowest BCUT2D eigenvalue weighted by Crippen LogP contribution is -2.57. The van der Waals surface area contributed by atoms with Crippen LogP contribution in [0.3, 0.4) is 0 Å². The van der Waals surface area contributed by atoms with Crippen LogP contribution in [0.2, 0.25) is 6.32 Å². The number of carboxylic acids is 1. The van der Waals surface area contributed by atoms with Crippen LogP contribution in [-0.4, -0.2) is 81.7 Å². The first-order valence-electron chi connectivity index (χ1n) is 9.91. The van der Waals surface area contributed by atoms with E-state index in [0.717, 1.165) is 6.42 Å². The molecular formula is C19H25BN2O8. The number of ketones is 1. The van der Waals surface area contributed by atoms with E-state index in [1.807, 2.05) is 0 Å². The maximum absolute atomic E-state index is 12.3. The Kier molecular flexibility index (Phi) is 6.96. The highest BCUT2D eigenvalue weighted by Crippen LogP contribution is 2.34. The molecule has 1 amide bonds. The van der Waals surface area contributed by atoms with Gasteiger partial charge in [0, 0.05) is 12.8 Å². The maximum atomic E-state index is 12.3. The van der Waals surface area contributed by atoms with Crippen LogP contribution in [0.15, 0.2) is 12.1 Å². The molecule has 2 heterocycles. The van der Waals surface area contributed by atoms with E-state index in [9.17, 15) is 24.6 Å². The first kappa shape index (κ1) is 22.1. The molecule has 0 spiro atoms. The summed E-state index contributed by atoms with van der Waals surface area (Å²) in [6.07, 6.45) is 0.964. The topological polar surface area (TPSA) is 157 Å². The molecule has 10 nitrogen and oxygen atoms in total. The first-order valence-corrected chi connectivity index (χ1v) is 9.91. The van der Waals surface area contributed by atoms with Gasteiger partial charge in [0.05, 0.1) is 19.1 Å². The van der Waals surface area contributed by atoms with Gasteiger partial charge in [0.2, 0.25) is 5.91 Å². The first-order chi connectivity index (χ1) is 14.3. The number of ether oxygens (including phenoxy) is 1. The van der Waals surface area contributed by atoms with Crippen LogP contribution in [0.25, 0.3) is 0 Å². The molecule has 0 aromatic heterocycles. The van der Waals surface area contributed by atoms with Crippen molar-refractivity contribution in [1.82, 2.24) is 10.2 Å². The number of phenols is 1. The molecule has 1 unspecified atom stereocenters. The van der Waals surface area contributed by atoms with Gasteiger partial charge in [-0.15, -0.1) is 0 Å². The molecule has 0 aliphatic carbocycles. The van der Waals surface area contributed by atoms with E-state index in [-0.39, 0.29) is 55.3 Å². The van der Waals surface area contributed by atoms with Crippen molar-refractivity contribution in [2.75, 3.05) is 19.6 Å². The number of carbonyl (C=O) groups is 3. The van der Waals surface area contributed by atoms with Gasteiger partial charge >= 0.3 is 13.1 Å². The smallest absolute Gasteiger partial charge is 0.451 e. The monoisotopic (exact) mass is 420 g/mol. The lowest BCUT2D eigenvalue weighted by Gasteiger charge is -2.40. The molecule has 2 aliphatic rings. The van der Waals surface area contributed by atoms with E-state index < -0.39 is 36.5 Å². The lowest BCUT2D eigenvalue weighted by molar-refractivity contribution is -0.142. The van der Waals surface area contributed by atoms with Gasteiger partial charge in [-0.3, -0.25) is 9.59 Å². The number of likely N-dealkylation sites (tertiary alicyclic amines) is 1. The molecule has 2 fully saturated rings. The number of aromatic hydroxyl groups is 1. The van der Waals surface area contributed by atoms with Gasteiger partial charge < -0.3 is 35.2 Å². The number of hydrogen-bond donors (Lipinski definition) is 5. The van der Waals surface area contributed by atoms with Crippen molar-refractivity contribution in [3.63, 3.8) is 0 Å². The van der Waals surface area contributed by atoms with Crippen molar-refractivity contribution >= 4 is 24.8 Å². The molecule has 1 atom stereocenters. The van der Waals surface area contributed by atoms with Crippen LogP contribution in [0, 0.1) is 0 Å². The third-order valence-electron chi connectivity index (χ3n) is 5.36. The highest BCUT2D eigenvalue weighted by molar-refractivity contribution is 6.41. The summed E-state index contributed by atoms with van der Waals surface area (Å²) in [5.74, 6) is -1.99. The molecule has 2 saturated heterocycles. The Morgan fingerprint density at radius 1 is 1.27 bits per heavy atom.